The SMILES string of the molecule is CCCN(CC#N)C(C)C(=O)NCc1ccco1. The van der Waals surface area contributed by atoms with Crippen LogP contribution in [0.2, 0.25) is 0 Å². The van der Waals surface area contributed by atoms with Gasteiger partial charge in [-0.05, 0) is 32.0 Å². The molecule has 1 rings (SSSR count). The molecule has 1 atom stereocenters. The molecule has 1 aromatic heterocycles. The zero-order valence-corrected chi connectivity index (χ0v) is 10.8. The van der Waals surface area contributed by atoms with Crippen LogP contribution in [0.5, 0.6) is 0 Å². The van der Waals surface area contributed by atoms with E-state index in [1.165, 1.54) is 0 Å². The number of carbonyl (C=O) groups is 1. The minimum Gasteiger partial charge on any atom is -0.467 e. The highest BCUT2D eigenvalue weighted by Crippen LogP contribution is 2.02. The summed E-state index contributed by atoms with van der Waals surface area (Å²) in [5.41, 5.74) is 0. The Bertz CT molecular complexity index is 395. The fourth-order valence-corrected chi connectivity index (χ4v) is 1.69. The van der Waals surface area contributed by atoms with Crippen molar-refractivity contribution < 1.29 is 9.21 Å². The van der Waals surface area contributed by atoms with E-state index in [0.717, 1.165) is 18.7 Å². The number of carbonyl (C=O) groups excluding carboxylic acids is 1. The number of hydrogen-bond donors (Lipinski definition) is 1. The topological polar surface area (TPSA) is 69.3 Å². The molecule has 1 aromatic rings. The number of nitrogens with one attached hydrogen (secondary N) is 1. The average molecular weight is 249 g/mol. The van der Waals surface area contributed by atoms with Gasteiger partial charge in [0.2, 0.25) is 5.91 Å². The van der Waals surface area contributed by atoms with E-state index in [1.807, 2.05) is 24.8 Å². The minimum atomic E-state index is -0.306. The predicted octanol–water partition coefficient (Wildman–Crippen LogP) is 1.52. The highest BCUT2D eigenvalue weighted by Gasteiger charge is 2.20. The van der Waals surface area contributed by atoms with E-state index in [9.17, 15) is 4.79 Å². The van der Waals surface area contributed by atoms with E-state index in [-0.39, 0.29) is 18.5 Å². The number of nitrogens with zero attached hydrogens (tertiary/aromatic N) is 2. The molecule has 0 aliphatic rings. The summed E-state index contributed by atoms with van der Waals surface area (Å²) in [6, 6.07) is 5.37. The van der Waals surface area contributed by atoms with Crippen molar-refractivity contribution in [2.75, 3.05) is 13.1 Å². The lowest BCUT2D eigenvalue weighted by molar-refractivity contribution is -0.125. The van der Waals surface area contributed by atoms with Gasteiger partial charge >= 0.3 is 0 Å². The Kier molecular flexibility index (Phi) is 5.95. The lowest BCUT2D eigenvalue weighted by Gasteiger charge is -2.24. The van der Waals surface area contributed by atoms with Gasteiger partial charge in [-0.2, -0.15) is 5.26 Å². The van der Waals surface area contributed by atoms with Crippen LogP contribution >= 0.6 is 0 Å². The molecule has 0 spiro atoms. The van der Waals surface area contributed by atoms with Gasteiger partial charge in [-0.1, -0.05) is 6.92 Å². The highest BCUT2D eigenvalue weighted by molar-refractivity contribution is 5.81. The summed E-state index contributed by atoms with van der Waals surface area (Å²) in [4.78, 5) is 13.8. The van der Waals surface area contributed by atoms with E-state index in [0.29, 0.717) is 6.54 Å². The summed E-state index contributed by atoms with van der Waals surface area (Å²) in [7, 11) is 0. The first kappa shape index (κ1) is 14.3. The van der Waals surface area contributed by atoms with Gasteiger partial charge in [0.15, 0.2) is 0 Å². The number of furan rings is 1. The van der Waals surface area contributed by atoms with Crippen LogP contribution in [0.1, 0.15) is 26.0 Å². The normalized spacial score (nSPS) is 12.1. The minimum absolute atomic E-state index is 0.0879. The van der Waals surface area contributed by atoms with E-state index < -0.39 is 0 Å². The third kappa shape index (κ3) is 4.22. The molecule has 0 aliphatic heterocycles. The van der Waals surface area contributed by atoms with E-state index in [2.05, 4.69) is 11.4 Å². The molecule has 5 nitrogen and oxygen atoms in total. The largest absolute Gasteiger partial charge is 0.467 e. The monoisotopic (exact) mass is 249 g/mol. The number of hydrogen-bond acceptors (Lipinski definition) is 4. The van der Waals surface area contributed by atoms with Gasteiger partial charge in [-0.15, -0.1) is 0 Å². The molecule has 0 bridgehead atoms. The van der Waals surface area contributed by atoms with Gasteiger partial charge in [-0.25, -0.2) is 0 Å². The van der Waals surface area contributed by atoms with Gasteiger partial charge in [0.1, 0.15) is 5.76 Å². The van der Waals surface area contributed by atoms with Crippen LogP contribution < -0.4 is 5.32 Å². The van der Waals surface area contributed by atoms with Gasteiger partial charge in [0, 0.05) is 0 Å². The summed E-state index contributed by atoms with van der Waals surface area (Å²) in [5, 5.41) is 11.5. The zero-order valence-electron chi connectivity index (χ0n) is 10.8. The van der Waals surface area contributed by atoms with Crippen molar-refractivity contribution in [1.82, 2.24) is 10.2 Å². The smallest absolute Gasteiger partial charge is 0.237 e. The Balaban J connectivity index is 2.45. The molecule has 0 fully saturated rings. The summed E-state index contributed by atoms with van der Waals surface area (Å²) in [6.07, 6.45) is 2.49. The standard InChI is InChI=1S/C13H19N3O2/c1-3-7-16(8-6-14)11(2)13(17)15-10-12-5-4-9-18-12/h4-5,9,11H,3,7-8,10H2,1-2H3,(H,15,17). The van der Waals surface area contributed by atoms with Gasteiger partial charge in [0.25, 0.3) is 0 Å². The van der Waals surface area contributed by atoms with Crippen LogP contribution in [-0.4, -0.2) is 29.9 Å². The number of nitriles is 1. The van der Waals surface area contributed by atoms with Crippen molar-refractivity contribution >= 4 is 5.91 Å². The Morgan fingerprint density at radius 1 is 1.67 bits per heavy atom. The lowest BCUT2D eigenvalue weighted by atomic mass is 10.2. The van der Waals surface area contributed by atoms with Crippen molar-refractivity contribution in [3.8, 4) is 6.07 Å². The predicted molar refractivity (Wildman–Crippen MR) is 67.5 cm³/mol. The first-order chi connectivity index (χ1) is 8.69. The van der Waals surface area contributed by atoms with Crippen molar-refractivity contribution in [3.05, 3.63) is 24.2 Å². The average Bonchev–Trinajstić information content (AvgIpc) is 2.88. The molecular weight excluding hydrogens is 230 g/mol. The van der Waals surface area contributed by atoms with Crippen molar-refractivity contribution in [2.45, 2.75) is 32.9 Å². The molecule has 0 saturated heterocycles. The molecular formula is C13H19N3O2. The zero-order chi connectivity index (χ0) is 13.4. The van der Waals surface area contributed by atoms with Crippen LogP contribution in [0.15, 0.2) is 22.8 Å². The third-order valence-corrected chi connectivity index (χ3v) is 2.73. The van der Waals surface area contributed by atoms with Crippen molar-refractivity contribution in [1.29, 1.82) is 5.26 Å². The highest BCUT2D eigenvalue weighted by atomic mass is 16.3. The quantitative estimate of drug-likeness (QED) is 0.744. The van der Waals surface area contributed by atoms with E-state index >= 15 is 0 Å². The first-order valence-electron chi connectivity index (χ1n) is 6.10. The van der Waals surface area contributed by atoms with Crippen LogP contribution in [0, 0.1) is 11.3 Å². The Morgan fingerprint density at radius 2 is 2.44 bits per heavy atom. The van der Waals surface area contributed by atoms with E-state index in [1.54, 1.807) is 12.3 Å². The fourth-order valence-electron chi connectivity index (χ4n) is 1.69. The van der Waals surface area contributed by atoms with Crippen LogP contribution in [-0.2, 0) is 11.3 Å². The molecule has 18 heavy (non-hydrogen) atoms. The molecule has 0 aromatic carbocycles. The number of amides is 1. The molecule has 0 aliphatic carbocycles. The first-order valence-corrected chi connectivity index (χ1v) is 6.10. The van der Waals surface area contributed by atoms with Gasteiger partial charge in [-0.3, -0.25) is 9.69 Å². The maximum absolute atomic E-state index is 11.9. The maximum Gasteiger partial charge on any atom is 0.237 e. The van der Waals surface area contributed by atoms with Crippen LogP contribution in [0.3, 0.4) is 0 Å². The molecule has 1 N–H and O–H groups in total. The van der Waals surface area contributed by atoms with Gasteiger partial charge in [0.05, 0.1) is 31.5 Å². The molecule has 1 unspecified atom stereocenters. The van der Waals surface area contributed by atoms with Gasteiger partial charge < -0.3 is 9.73 Å². The lowest BCUT2D eigenvalue weighted by Crippen LogP contribution is -2.45. The Morgan fingerprint density at radius 3 is 3.00 bits per heavy atom. The molecule has 98 valence electrons. The Hall–Kier alpha value is -1.80. The third-order valence-electron chi connectivity index (χ3n) is 2.73. The summed E-state index contributed by atoms with van der Waals surface area (Å²) >= 11 is 0. The van der Waals surface area contributed by atoms with Crippen LogP contribution in [0.4, 0.5) is 0 Å². The molecule has 0 saturated carbocycles. The molecule has 1 heterocycles. The molecule has 0 radical (unpaired) electrons. The molecule has 1 amide bonds. The van der Waals surface area contributed by atoms with Crippen molar-refractivity contribution in [2.24, 2.45) is 0 Å². The van der Waals surface area contributed by atoms with Crippen LogP contribution in [0.25, 0.3) is 0 Å². The summed E-state index contributed by atoms with van der Waals surface area (Å²) < 4.78 is 5.14. The second kappa shape index (κ2) is 7.51. The number of rotatable bonds is 7. The maximum atomic E-state index is 11.9. The summed E-state index contributed by atoms with van der Waals surface area (Å²) in [5.74, 6) is 0.632. The second-order valence-electron chi connectivity index (χ2n) is 4.10. The molecule has 5 heteroatoms. The fraction of sp³-hybridized carbons (Fsp3) is 0.538. The van der Waals surface area contributed by atoms with E-state index in [4.69, 9.17) is 9.68 Å². The second-order valence-corrected chi connectivity index (χ2v) is 4.10. The van der Waals surface area contributed by atoms with Crippen molar-refractivity contribution in [3.63, 3.8) is 0 Å². The summed E-state index contributed by atoms with van der Waals surface area (Å²) in [6.45, 7) is 5.22. The Labute approximate surface area is 107 Å².